The van der Waals surface area contributed by atoms with Crippen molar-refractivity contribution in [2.75, 3.05) is 45.2 Å². The van der Waals surface area contributed by atoms with Crippen LogP contribution in [0.4, 0.5) is 0 Å². The Morgan fingerprint density at radius 3 is 2.50 bits per heavy atom. The smallest absolute Gasteiger partial charge is 0.263 e. The summed E-state index contributed by atoms with van der Waals surface area (Å²) >= 11 is 0. The highest BCUT2D eigenvalue weighted by atomic mass is 32.2. The molecule has 1 aliphatic heterocycles. The van der Waals surface area contributed by atoms with Crippen LogP contribution in [0.1, 0.15) is 20.3 Å². The SMILES string of the molecule is CC(C)CNC(=O)/C(C#N)=C\N(CCN(C)C)C1CCS(=O)(=O)C1. The van der Waals surface area contributed by atoms with Gasteiger partial charge < -0.3 is 15.1 Å². The molecule has 0 spiro atoms. The minimum atomic E-state index is -3.03. The van der Waals surface area contributed by atoms with E-state index in [1.165, 1.54) is 6.20 Å². The van der Waals surface area contributed by atoms with Gasteiger partial charge in [0.25, 0.3) is 5.91 Å². The van der Waals surface area contributed by atoms with Crippen molar-refractivity contribution in [3.05, 3.63) is 11.8 Å². The summed E-state index contributed by atoms with van der Waals surface area (Å²) in [6, 6.07) is 1.75. The Kier molecular flexibility index (Phi) is 7.70. The van der Waals surface area contributed by atoms with Crippen molar-refractivity contribution in [2.45, 2.75) is 26.3 Å². The molecule has 1 unspecified atom stereocenters. The van der Waals surface area contributed by atoms with Crippen LogP contribution in [0.3, 0.4) is 0 Å². The predicted molar refractivity (Wildman–Crippen MR) is 93.9 cm³/mol. The summed E-state index contributed by atoms with van der Waals surface area (Å²) < 4.78 is 23.5. The topological polar surface area (TPSA) is 93.5 Å². The van der Waals surface area contributed by atoms with Gasteiger partial charge in [-0.2, -0.15) is 5.26 Å². The summed E-state index contributed by atoms with van der Waals surface area (Å²) in [5.74, 6) is 0.106. The summed E-state index contributed by atoms with van der Waals surface area (Å²) in [6.45, 7) is 5.72. The largest absolute Gasteiger partial charge is 0.371 e. The van der Waals surface area contributed by atoms with Crippen LogP contribution in [0.25, 0.3) is 0 Å². The monoisotopic (exact) mass is 356 g/mol. The van der Waals surface area contributed by atoms with Crippen molar-refractivity contribution in [1.82, 2.24) is 15.1 Å². The maximum Gasteiger partial charge on any atom is 0.263 e. The first-order valence-electron chi connectivity index (χ1n) is 8.15. The van der Waals surface area contributed by atoms with Crippen LogP contribution >= 0.6 is 0 Å². The van der Waals surface area contributed by atoms with Crippen LogP contribution in [-0.2, 0) is 14.6 Å². The number of amides is 1. The van der Waals surface area contributed by atoms with Crippen molar-refractivity contribution in [1.29, 1.82) is 5.26 Å². The van der Waals surface area contributed by atoms with Crippen LogP contribution in [0.2, 0.25) is 0 Å². The lowest BCUT2D eigenvalue weighted by Gasteiger charge is -2.28. The molecule has 7 nitrogen and oxygen atoms in total. The molecular weight excluding hydrogens is 328 g/mol. The van der Waals surface area contributed by atoms with Crippen molar-refractivity contribution >= 4 is 15.7 Å². The van der Waals surface area contributed by atoms with Gasteiger partial charge in [-0.25, -0.2) is 8.42 Å². The fourth-order valence-corrected chi connectivity index (χ4v) is 4.14. The number of carbonyl (C=O) groups is 1. The molecule has 1 atom stereocenters. The average Bonchev–Trinajstić information content (AvgIpc) is 2.84. The second kappa shape index (κ2) is 9.04. The molecule has 1 rings (SSSR count). The summed E-state index contributed by atoms with van der Waals surface area (Å²) in [5, 5.41) is 12.0. The van der Waals surface area contributed by atoms with Crippen LogP contribution in [-0.4, -0.2) is 75.4 Å². The second-order valence-electron chi connectivity index (χ2n) is 6.86. The Morgan fingerprint density at radius 1 is 1.38 bits per heavy atom. The lowest BCUT2D eigenvalue weighted by Crippen LogP contribution is -2.38. The number of rotatable bonds is 8. The summed E-state index contributed by atoms with van der Waals surface area (Å²) in [7, 11) is 0.818. The highest BCUT2D eigenvalue weighted by molar-refractivity contribution is 7.91. The molecule has 0 aromatic carbocycles. The molecule has 1 aliphatic rings. The highest BCUT2D eigenvalue weighted by Crippen LogP contribution is 2.19. The molecule has 0 saturated carbocycles. The van der Waals surface area contributed by atoms with E-state index >= 15 is 0 Å². The molecule has 1 N–H and O–H groups in total. The minimum Gasteiger partial charge on any atom is -0.371 e. The van der Waals surface area contributed by atoms with E-state index in [-0.39, 0.29) is 23.1 Å². The van der Waals surface area contributed by atoms with Crippen LogP contribution < -0.4 is 5.32 Å². The quantitative estimate of drug-likeness (QED) is 0.494. The normalized spacial score (nSPS) is 20.2. The first-order valence-corrected chi connectivity index (χ1v) is 9.97. The van der Waals surface area contributed by atoms with Gasteiger partial charge in [0.2, 0.25) is 0 Å². The first kappa shape index (κ1) is 20.5. The second-order valence-corrected chi connectivity index (χ2v) is 9.09. The Balaban J connectivity index is 2.91. The zero-order chi connectivity index (χ0) is 18.3. The Hall–Kier alpha value is -1.59. The number of nitrogens with one attached hydrogen (secondary N) is 1. The summed E-state index contributed by atoms with van der Waals surface area (Å²) in [5.41, 5.74) is 0.0127. The van der Waals surface area contributed by atoms with Gasteiger partial charge in [0.1, 0.15) is 11.6 Å². The number of nitriles is 1. The fourth-order valence-electron chi connectivity index (χ4n) is 2.40. The Morgan fingerprint density at radius 2 is 2.04 bits per heavy atom. The standard InChI is InChI=1S/C16H28N4O3S/c1-13(2)10-18-16(21)14(9-17)11-20(7-6-19(3)4)15-5-8-24(22,23)12-15/h11,13,15H,5-8,10,12H2,1-4H3,(H,18,21)/b14-11-. The van der Waals surface area contributed by atoms with Crippen molar-refractivity contribution in [2.24, 2.45) is 5.92 Å². The molecule has 24 heavy (non-hydrogen) atoms. The van der Waals surface area contributed by atoms with Crippen LogP contribution in [0, 0.1) is 17.2 Å². The molecule has 0 aromatic rings. The number of hydrogen-bond donors (Lipinski definition) is 1. The van der Waals surface area contributed by atoms with Gasteiger partial charge in [-0.05, 0) is 26.4 Å². The van der Waals surface area contributed by atoms with Gasteiger partial charge in [0.05, 0.1) is 11.5 Å². The fraction of sp³-hybridized carbons (Fsp3) is 0.750. The number of nitrogens with zero attached hydrogens (tertiary/aromatic N) is 3. The molecule has 1 saturated heterocycles. The van der Waals surface area contributed by atoms with Gasteiger partial charge in [-0.1, -0.05) is 13.8 Å². The Bertz CT molecular complexity index is 605. The van der Waals surface area contributed by atoms with Gasteiger partial charge >= 0.3 is 0 Å². The minimum absolute atomic E-state index is 0.0127. The van der Waals surface area contributed by atoms with Gasteiger partial charge in [0.15, 0.2) is 9.84 Å². The zero-order valence-corrected chi connectivity index (χ0v) is 15.8. The zero-order valence-electron chi connectivity index (χ0n) is 14.9. The van der Waals surface area contributed by atoms with E-state index < -0.39 is 15.7 Å². The third-order valence-corrected chi connectivity index (χ3v) is 5.56. The third kappa shape index (κ3) is 6.89. The molecule has 0 aliphatic carbocycles. The Labute approximate surface area is 145 Å². The number of carbonyl (C=O) groups excluding carboxylic acids is 1. The van der Waals surface area contributed by atoms with E-state index in [0.29, 0.717) is 32.0 Å². The molecule has 0 bridgehead atoms. The van der Waals surface area contributed by atoms with Gasteiger partial charge in [-0.15, -0.1) is 0 Å². The van der Waals surface area contributed by atoms with Gasteiger partial charge in [0, 0.05) is 31.9 Å². The molecule has 8 heteroatoms. The molecule has 0 aromatic heterocycles. The third-order valence-electron chi connectivity index (χ3n) is 3.81. The highest BCUT2D eigenvalue weighted by Gasteiger charge is 2.31. The predicted octanol–water partition coefficient (Wildman–Crippen LogP) is 0.217. The maximum absolute atomic E-state index is 12.1. The van der Waals surface area contributed by atoms with Crippen LogP contribution in [0.15, 0.2) is 11.8 Å². The summed E-state index contributed by atoms with van der Waals surface area (Å²) in [6.07, 6.45) is 2.04. The molecule has 1 fully saturated rings. The van der Waals surface area contributed by atoms with Crippen molar-refractivity contribution < 1.29 is 13.2 Å². The maximum atomic E-state index is 12.1. The van der Waals surface area contributed by atoms with E-state index in [2.05, 4.69) is 5.32 Å². The lowest BCUT2D eigenvalue weighted by atomic mass is 10.2. The van der Waals surface area contributed by atoms with E-state index in [9.17, 15) is 18.5 Å². The molecular formula is C16H28N4O3S. The summed E-state index contributed by atoms with van der Waals surface area (Å²) in [4.78, 5) is 16.0. The van der Waals surface area contributed by atoms with E-state index in [0.717, 1.165) is 0 Å². The first-order chi connectivity index (χ1) is 11.1. The van der Waals surface area contributed by atoms with E-state index in [1.54, 1.807) is 0 Å². The average molecular weight is 356 g/mol. The number of hydrogen-bond acceptors (Lipinski definition) is 6. The van der Waals surface area contributed by atoms with Crippen LogP contribution in [0.5, 0.6) is 0 Å². The lowest BCUT2D eigenvalue weighted by molar-refractivity contribution is -0.117. The van der Waals surface area contributed by atoms with Gasteiger partial charge in [-0.3, -0.25) is 4.79 Å². The molecule has 0 radical (unpaired) electrons. The van der Waals surface area contributed by atoms with Crippen molar-refractivity contribution in [3.63, 3.8) is 0 Å². The molecule has 136 valence electrons. The van der Waals surface area contributed by atoms with Crippen molar-refractivity contribution in [3.8, 4) is 6.07 Å². The number of sulfone groups is 1. The molecule has 1 amide bonds. The number of likely N-dealkylation sites (N-methyl/N-ethyl adjacent to an activating group) is 1. The van der Waals surface area contributed by atoms with E-state index in [4.69, 9.17) is 0 Å². The molecule has 1 heterocycles. The van der Waals surface area contributed by atoms with E-state index in [1.807, 2.05) is 43.8 Å².